The van der Waals surface area contributed by atoms with Gasteiger partial charge >= 0.3 is 0 Å². The number of thioether (sulfide) groups is 2. The van der Waals surface area contributed by atoms with Gasteiger partial charge in [-0.05, 0) is 12.5 Å². The summed E-state index contributed by atoms with van der Waals surface area (Å²) in [7, 11) is 0. The van der Waals surface area contributed by atoms with Crippen LogP contribution in [0, 0.1) is 0 Å². The SMILES string of the molecule is CC1(SCc2ccccc2)NN=CS1. The molecule has 1 aliphatic rings. The third-order valence-corrected chi connectivity index (χ3v) is 4.47. The van der Waals surface area contributed by atoms with Crippen molar-refractivity contribution in [1.82, 2.24) is 5.43 Å². The Morgan fingerprint density at radius 3 is 2.86 bits per heavy atom. The topological polar surface area (TPSA) is 24.4 Å². The van der Waals surface area contributed by atoms with E-state index in [0.29, 0.717) is 0 Å². The van der Waals surface area contributed by atoms with E-state index in [2.05, 4.69) is 41.7 Å². The first kappa shape index (κ1) is 9.93. The molecule has 0 radical (unpaired) electrons. The van der Waals surface area contributed by atoms with E-state index in [9.17, 15) is 0 Å². The average Bonchev–Trinajstić information content (AvgIpc) is 2.65. The van der Waals surface area contributed by atoms with Gasteiger partial charge < -0.3 is 0 Å². The van der Waals surface area contributed by atoms with Gasteiger partial charge in [-0.3, -0.25) is 5.43 Å². The highest BCUT2D eigenvalue weighted by Crippen LogP contribution is 2.37. The number of hydrogen-bond donors (Lipinski definition) is 1. The molecular formula is C10H12N2S2. The molecule has 2 nitrogen and oxygen atoms in total. The molecule has 0 spiro atoms. The molecule has 0 saturated carbocycles. The largest absolute Gasteiger partial charge is 0.284 e. The number of hydrazone groups is 1. The van der Waals surface area contributed by atoms with Gasteiger partial charge in [-0.1, -0.05) is 42.1 Å². The van der Waals surface area contributed by atoms with E-state index in [1.54, 1.807) is 11.8 Å². The summed E-state index contributed by atoms with van der Waals surface area (Å²) < 4.78 is 0.00976. The maximum Gasteiger partial charge on any atom is 0.149 e. The lowest BCUT2D eigenvalue weighted by Gasteiger charge is -2.21. The second-order valence-corrected chi connectivity index (χ2v) is 6.10. The van der Waals surface area contributed by atoms with Crippen molar-refractivity contribution in [2.45, 2.75) is 16.9 Å². The molecule has 0 aromatic heterocycles. The Morgan fingerprint density at radius 2 is 2.21 bits per heavy atom. The average molecular weight is 224 g/mol. The van der Waals surface area contributed by atoms with Crippen LogP contribution < -0.4 is 5.43 Å². The fourth-order valence-corrected chi connectivity index (χ4v) is 2.90. The Hall–Kier alpha value is -0.610. The molecule has 2 rings (SSSR count). The van der Waals surface area contributed by atoms with Crippen molar-refractivity contribution in [3.05, 3.63) is 35.9 Å². The van der Waals surface area contributed by atoms with Gasteiger partial charge in [-0.15, -0.1) is 11.8 Å². The van der Waals surface area contributed by atoms with Gasteiger partial charge in [0.1, 0.15) is 4.20 Å². The molecule has 1 unspecified atom stereocenters. The van der Waals surface area contributed by atoms with Crippen LogP contribution in [0.1, 0.15) is 12.5 Å². The van der Waals surface area contributed by atoms with E-state index in [1.807, 2.05) is 23.4 Å². The molecule has 1 heterocycles. The van der Waals surface area contributed by atoms with Crippen LogP contribution in [0.2, 0.25) is 0 Å². The number of nitrogens with zero attached hydrogens (tertiary/aromatic N) is 1. The van der Waals surface area contributed by atoms with Crippen molar-refractivity contribution >= 4 is 29.1 Å². The second-order valence-electron chi connectivity index (χ2n) is 3.18. The summed E-state index contributed by atoms with van der Waals surface area (Å²) in [6, 6.07) is 10.5. The van der Waals surface area contributed by atoms with Crippen LogP contribution in [0.25, 0.3) is 0 Å². The van der Waals surface area contributed by atoms with E-state index in [0.717, 1.165) is 5.75 Å². The standard InChI is InChI=1S/C10H12N2S2/c1-10(12-11-8-14-10)13-7-9-5-3-2-4-6-9/h2-6,8,12H,7H2,1H3. The lowest BCUT2D eigenvalue weighted by Crippen LogP contribution is -2.27. The van der Waals surface area contributed by atoms with E-state index >= 15 is 0 Å². The van der Waals surface area contributed by atoms with Crippen LogP contribution in [-0.4, -0.2) is 9.75 Å². The van der Waals surface area contributed by atoms with Crippen LogP contribution in [-0.2, 0) is 5.75 Å². The highest BCUT2D eigenvalue weighted by molar-refractivity contribution is 8.24. The monoisotopic (exact) mass is 224 g/mol. The van der Waals surface area contributed by atoms with Crippen molar-refractivity contribution in [1.29, 1.82) is 0 Å². The van der Waals surface area contributed by atoms with Crippen molar-refractivity contribution in [3.8, 4) is 0 Å². The second kappa shape index (κ2) is 4.28. The van der Waals surface area contributed by atoms with E-state index < -0.39 is 0 Å². The minimum atomic E-state index is 0.00976. The Labute approximate surface area is 92.5 Å². The predicted octanol–water partition coefficient (Wildman–Crippen LogP) is 2.87. The van der Waals surface area contributed by atoms with Gasteiger partial charge in [-0.2, -0.15) is 5.10 Å². The quantitative estimate of drug-likeness (QED) is 0.854. The third kappa shape index (κ3) is 2.45. The number of rotatable bonds is 3. The molecule has 0 bridgehead atoms. The summed E-state index contributed by atoms with van der Waals surface area (Å²) in [5.41, 5.74) is 6.31. The minimum absolute atomic E-state index is 0.00976. The fourth-order valence-electron chi connectivity index (χ4n) is 1.16. The molecule has 0 aliphatic carbocycles. The van der Waals surface area contributed by atoms with Crippen molar-refractivity contribution in [3.63, 3.8) is 0 Å². The molecule has 1 aromatic carbocycles. The highest BCUT2D eigenvalue weighted by Gasteiger charge is 2.27. The first-order valence-corrected chi connectivity index (χ1v) is 6.29. The Kier molecular flexibility index (Phi) is 3.03. The maximum atomic E-state index is 4.02. The summed E-state index contributed by atoms with van der Waals surface area (Å²) in [5.74, 6) is 1.01. The summed E-state index contributed by atoms with van der Waals surface area (Å²) in [6.45, 7) is 2.15. The van der Waals surface area contributed by atoms with Gasteiger partial charge in [0.25, 0.3) is 0 Å². The van der Waals surface area contributed by atoms with Gasteiger partial charge in [0.15, 0.2) is 0 Å². The van der Waals surface area contributed by atoms with Crippen molar-refractivity contribution in [2.24, 2.45) is 5.10 Å². The summed E-state index contributed by atoms with van der Waals surface area (Å²) in [5, 5.41) is 4.02. The lowest BCUT2D eigenvalue weighted by molar-refractivity contribution is 0.708. The van der Waals surface area contributed by atoms with Crippen LogP contribution in [0.5, 0.6) is 0 Å². The number of nitrogens with one attached hydrogen (secondary N) is 1. The predicted molar refractivity (Wildman–Crippen MR) is 65.4 cm³/mol. The van der Waals surface area contributed by atoms with Crippen molar-refractivity contribution in [2.75, 3.05) is 0 Å². The normalized spacial score (nSPS) is 24.9. The number of hydrogen-bond acceptors (Lipinski definition) is 4. The molecule has 4 heteroatoms. The molecule has 74 valence electrons. The Balaban J connectivity index is 1.89. The van der Waals surface area contributed by atoms with Gasteiger partial charge in [0, 0.05) is 5.75 Å². The molecular weight excluding hydrogens is 212 g/mol. The van der Waals surface area contributed by atoms with Gasteiger partial charge in [0.05, 0.1) is 5.55 Å². The van der Waals surface area contributed by atoms with E-state index in [4.69, 9.17) is 0 Å². The first-order chi connectivity index (χ1) is 6.79. The zero-order chi connectivity index (χ0) is 9.86. The van der Waals surface area contributed by atoms with Crippen LogP contribution in [0.4, 0.5) is 0 Å². The smallest absolute Gasteiger partial charge is 0.149 e. The lowest BCUT2D eigenvalue weighted by atomic mass is 10.2. The number of benzene rings is 1. The molecule has 14 heavy (non-hydrogen) atoms. The summed E-state index contributed by atoms with van der Waals surface area (Å²) in [4.78, 5) is 0. The van der Waals surface area contributed by atoms with Crippen LogP contribution in [0.3, 0.4) is 0 Å². The maximum absolute atomic E-state index is 4.02. The molecule has 1 aliphatic heterocycles. The molecule has 1 aromatic rings. The molecule has 0 saturated heterocycles. The summed E-state index contributed by atoms with van der Waals surface area (Å²) >= 11 is 3.59. The Morgan fingerprint density at radius 1 is 1.43 bits per heavy atom. The Bertz CT molecular complexity index is 316. The molecule has 1 atom stereocenters. The first-order valence-electron chi connectivity index (χ1n) is 4.43. The van der Waals surface area contributed by atoms with E-state index in [-0.39, 0.29) is 4.20 Å². The molecule has 0 fully saturated rings. The van der Waals surface area contributed by atoms with E-state index in [1.165, 1.54) is 5.56 Å². The van der Waals surface area contributed by atoms with Crippen LogP contribution >= 0.6 is 23.5 Å². The third-order valence-electron chi connectivity index (χ3n) is 1.96. The molecule has 1 N–H and O–H groups in total. The zero-order valence-electron chi connectivity index (χ0n) is 7.93. The van der Waals surface area contributed by atoms with Crippen molar-refractivity contribution < 1.29 is 0 Å². The fraction of sp³-hybridized carbons (Fsp3) is 0.300. The minimum Gasteiger partial charge on any atom is -0.284 e. The van der Waals surface area contributed by atoms with Gasteiger partial charge in [-0.25, -0.2) is 0 Å². The molecule has 0 amide bonds. The summed E-state index contributed by atoms with van der Waals surface area (Å²) in [6.07, 6.45) is 0. The van der Waals surface area contributed by atoms with Gasteiger partial charge in [0.2, 0.25) is 0 Å². The highest BCUT2D eigenvalue weighted by atomic mass is 32.2. The van der Waals surface area contributed by atoms with Crippen LogP contribution in [0.15, 0.2) is 35.4 Å². The zero-order valence-corrected chi connectivity index (χ0v) is 9.57.